The van der Waals surface area contributed by atoms with E-state index in [0.717, 1.165) is 35.1 Å². The van der Waals surface area contributed by atoms with Crippen molar-refractivity contribution in [2.75, 3.05) is 16.8 Å². The number of fused-ring (bicyclic) bond motifs is 2. The molecule has 180 valence electrons. The maximum atomic E-state index is 13.3. The summed E-state index contributed by atoms with van der Waals surface area (Å²) in [4.78, 5) is 27.6. The molecule has 5 rings (SSSR count). The van der Waals surface area contributed by atoms with Crippen LogP contribution in [0.5, 0.6) is 0 Å². The summed E-state index contributed by atoms with van der Waals surface area (Å²) in [5.41, 5.74) is 2.63. The summed E-state index contributed by atoms with van der Waals surface area (Å²) in [7, 11) is -3.12. The molecular weight excluding hydrogens is 496 g/mol. The van der Waals surface area contributed by atoms with E-state index in [1.165, 1.54) is 11.3 Å². The van der Waals surface area contributed by atoms with Crippen LogP contribution < -0.4 is 10.6 Å². The summed E-state index contributed by atoms with van der Waals surface area (Å²) < 4.78 is 29.5. The van der Waals surface area contributed by atoms with Crippen LogP contribution in [0.3, 0.4) is 0 Å². The summed E-state index contributed by atoms with van der Waals surface area (Å²) in [6, 6.07) is 4.77. The van der Waals surface area contributed by atoms with Gasteiger partial charge in [0.15, 0.2) is 15.6 Å². The summed E-state index contributed by atoms with van der Waals surface area (Å²) in [5, 5.41) is 7.59. The molecule has 3 heterocycles. The van der Waals surface area contributed by atoms with Gasteiger partial charge >= 0.3 is 0 Å². The Morgan fingerprint density at radius 2 is 2.00 bits per heavy atom. The Morgan fingerprint density at radius 3 is 2.74 bits per heavy atom. The van der Waals surface area contributed by atoms with Crippen LogP contribution >= 0.6 is 22.9 Å². The molecule has 0 radical (unpaired) electrons. The van der Waals surface area contributed by atoms with Crippen molar-refractivity contribution in [2.24, 2.45) is 5.92 Å². The van der Waals surface area contributed by atoms with Crippen molar-refractivity contribution in [1.82, 2.24) is 5.32 Å². The van der Waals surface area contributed by atoms with Gasteiger partial charge < -0.3 is 15.1 Å². The lowest BCUT2D eigenvalue weighted by Crippen LogP contribution is -2.36. The number of sulfone groups is 1. The maximum absolute atomic E-state index is 13.3. The van der Waals surface area contributed by atoms with Gasteiger partial charge in [-0.3, -0.25) is 9.59 Å². The van der Waals surface area contributed by atoms with Crippen LogP contribution in [0, 0.1) is 12.8 Å². The fraction of sp³-hybridized carbons (Fsp3) is 0.417. The van der Waals surface area contributed by atoms with Crippen molar-refractivity contribution in [3.05, 3.63) is 50.5 Å². The molecule has 34 heavy (non-hydrogen) atoms. The molecule has 7 nitrogen and oxygen atoms in total. The lowest BCUT2D eigenvalue weighted by molar-refractivity contribution is 0.0941. The third-order valence-electron chi connectivity index (χ3n) is 6.64. The Hall–Kier alpha value is -2.36. The van der Waals surface area contributed by atoms with Crippen LogP contribution in [0.15, 0.2) is 22.6 Å². The normalized spacial score (nSPS) is 21.4. The molecule has 2 aliphatic rings. The number of aryl methyl sites for hydroxylation is 1. The van der Waals surface area contributed by atoms with Crippen LogP contribution in [0.1, 0.15) is 56.7 Å². The lowest BCUT2D eigenvalue weighted by atomic mass is 9.88. The van der Waals surface area contributed by atoms with E-state index in [1.807, 2.05) is 0 Å². The first-order valence-electron chi connectivity index (χ1n) is 11.3. The van der Waals surface area contributed by atoms with E-state index in [1.54, 1.807) is 25.1 Å². The standard InChI is InChI=1S/C24H25ClN2O5S2/c1-12-3-5-16-19(9-12)33-24(20(16)22(28)26-15-7-8-34(30,31)11-15)27-23(29)21-13(2)17-10-14(25)4-6-18(17)32-21/h4,6,10,12,15H,3,5,7-9,11H2,1-2H3,(H,26,28)(H,27,29)/t12-,15+/m0/s1. The quantitative estimate of drug-likeness (QED) is 0.516. The van der Waals surface area contributed by atoms with Crippen LogP contribution in [0.25, 0.3) is 11.0 Å². The van der Waals surface area contributed by atoms with Crippen LogP contribution in [-0.4, -0.2) is 37.8 Å². The second-order valence-electron chi connectivity index (χ2n) is 9.28. The van der Waals surface area contributed by atoms with Gasteiger partial charge in [0.25, 0.3) is 11.8 Å². The zero-order chi connectivity index (χ0) is 24.2. The smallest absolute Gasteiger partial charge is 0.292 e. The summed E-state index contributed by atoms with van der Waals surface area (Å²) >= 11 is 7.52. The molecule has 0 saturated carbocycles. The van der Waals surface area contributed by atoms with Crippen molar-refractivity contribution >= 4 is 60.6 Å². The van der Waals surface area contributed by atoms with E-state index in [4.69, 9.17) is 16.0 Å². The predicted molar refractivity (Wildman–Crippen MR) is 134 cm³/mol. The first-order chi connectivity index (χ1) is 16.1. The Morgan fingerprint density at radius 1 is 1.21 bits per heavy atom. The van der Waals surface area contributed by atoms with Crippen molar-refractivity contribution in [2.45, 2.75) is 45.6 Å². The van der Waals surface area contributed by atoms with E-state index < -0.39 is 21.8 Å². The molecule has 0 bridgehead atoms. The van der Waals surface area contributed by atoms with Gasteiger partial charge in [0.05, 0.1) is 17.1 Å². The van der Waals surface area contributed by atoms with E-state index in [2.05, 4.69) is 17.6 Å². The second-order valence-corrected chi connectivity index (χ2v) is 13.1. The average Bonchev–Trinajstić information content (AvgIpc) is 3.40. The molecule has 2 atom stereocenters. The van der Waals surface area contributed by atoms with E-state index in [9.17, 15) is 18.0 Å². The zero-order valence-corrected chi connectivity index (χ0v) is 21.3. The minimum atomic E-state index is -3.12. The summed E-state index contributed by atoms with van der Waals surface area (Å²) in [6.45, 7) is 3.97. The second kappa shape index (κ2) is 8.70. The third-order valence-corrected chi connectivity index (χ3v) is 9.81. The Bertz CT molecular complexity index is 1420. The van der Waals surface area contributed by atoms with Gasteiger partial charge in [-0.15, -0.1) is 11.3 Å². The number of benzene rings is 1. The van der Waals surface area contributed by atoms with Crippen molar-refractivity contribution in [3.63, 3.8) is 0 Å². The van der Waals surface area contributed by atoms with Crippen molar-refractivity contribution in [1.29, 1.82) is 0 Å². The highest BCUT2D eigenvalue weighted by Crippen LogP contribution is 2.40. The van der Waals surface area contributed by atoms with Crippen LogP contribution in [-0.2, 0) is 22.7 Å². The molecule has 0 spiro atoms. The Balaban J connectivity index is 1.47. The molecule has 1 saturated heterocycles. The fourth-order valence-corrected chi connectivity index (χ4v) is 8.06. The largest absolute Gasteiger partial charge is 0.451 e. The molecule has 1 fully saturated rings. The highest BCUT2D eigenvalue weighted by Gasteiger charge is 2.33. The number of carbonyl (C=O) groups is 2. The number of hydrogen-bond donors (Lipinski definition) is 2. The molecule has 1 aliphatic carbocycles. The van der Waals surface area contributed by atoms with Gasteiger partial charge in [-0.25, -0.2) is 8.42 Å². The highest BCUT2D eigenvalue weighted by atomic mass is 35.5. The first kappa shape index (κ1) is 23.4. The van der Waals surface area contributed by atoms with Crippen molar-refractivity contribution < 1.29 is 22.4 Å². The van der Waals surface area contributed by atoms with Gasteiger partial charge in [0.2, 0.25) is 0 Å². The lowest BCUT2D eigenvalue weighted by Gasteiger charge is -2.19. The third kappa shape index (κ3) is 4.36. The summed E-state index contributed by atoms with van der Waals surface area (Å²) in [6.07, 6.45) is 2.95. The molecule has 0 unspecified atom stereocenters. The minimum Gasteiger partial charge on any atom is -0.451 e. The highest BCUT2D eigenvalue weighted by molar-refractivity contribution is 7.91. The number of thiophene rings is 1. The van der Waals surface area contributed by atoms with E-state index in [0.29, 0.717) is 39.1 Å². The fourth-order valence-electron chi connectivity index (χ4n) is 4.82. The number of amides is 2. The number of anilines is 1. The topological polar surface area (TPSA) is 105 Å². The van der Waals surface area contributed by atoms with Crippen LogP contribution in [0.4, 0.5) is 5.00 Å². The average molecular weight is 521 g/mol. The van der Waals surface area contributed by atoms with Gasteiger partial charge in [-0.05, 0) is 62.3 Å². The van der Waals surface area contributed by atoms with Crippen LogP contribution in [0.2, 0.25) is 5.02 Å². The number of carbonyl (C=O) groups excluding carboxylic acids is 2. The molecule has 3 aromatic rings. The minimum absolute atomic E-state index is 0.0511. The monoisotopic (exact) mass is 520 g/mol. The van der Waals surface area contributed by atoms with Gasteiger partial charge in [-0.1, -0.05) is 18.5 Å². The maximum Gasteiger partial charge on any atom is 0.292 e. The molecule has 2 aromatic heterocycles. The van der Waals surface area contributed by atoms with Gasteiger partial charge in [0.1, 0.15) is 10.6 Å². The Kier molecular flexibility index (Phi) is 5.98. The molecule has 2 N–H and O–H groups in total. The Labute approximate surface area is 206 Å². The number of hydrogen-bond acceptors (Lipinski definition) is 6. The number of furan rings is 1. The molecule has 1 aromatic carbocycles. The molecule has 1 aliphatic heterocycles. The first-order valence-corrected chi connectivity index (χ1v) is 14.3. The van der Waals surface area contributed by atoms with E-state index in [-0.39, 0.29) is 23.2 Å². The number of nitrogens with one attached hydrogen (secondary N) is 2. The van der Waals surface area contributed by atoms with E-state index >= 15 is 0 Å². The zero-order valence-electron chi connectivity index (χ0n) is 18.9. The SMILES string of the molecule is Cc1c(C(=O)Nc2sc3c(c2C(=O)N[C@@H]2CCS(=O)(=O)C2)CC[C@H](C)C3)oc2ccc(Cl)cc12. The number of halogens is 1. The number of rotatable bonds is 4. The summed E-state index contributed by atoms with van der Waals surface area (Å²) in [5.74, 6) is -0.0783. The molecule has 10 heteroatoms. The van der Waals surface area contributed by atoms with Gasteiger partial charge in [0, 0.05) is 26.9 Å². The predicted octanol–water partition coefficient (Wildman–Crippen LogP) is 4.75. The molecule has 2 amide bonds. The van der Waals surface area contributed by atoms with Gasteiger partial charge in [-0.2, -0.15) is 0 Å². The molecular formula is C24H25ClN2O5S2. The van der Waals surface area contributed by atoms with Crippen molar-refractivity contribution in [3.8, 4) is 0 Å².